The molecule has 0 radical (unpaired) electrons. The Kier molecular flexibility index (Phi) is 8.90. The van der Waals surface area contributed by atoms with E-state index in [-0.39, 0.29) is 65.2 Å². The highest BCUT2D eigenvalue weighted by Crippen LogP contribution is 2.38. The Morgan fingerprint density at radius 1 is 1.09 bits per heavy atom. The molecule has 0 spiro atoms. The molecule has 3 rings (SSSR count). The second-order valence-corrected chi connectivity index (χ2v) is 11.4. The maximum atomic E-state index is 13.3. The zero-order chi connectivity index (χ0) is 23.6. The van der Waals surface area contributed by atoms with Crippen LogP contribution in [0, 0.1) is 23.7 Å². The van der Waals surface area contributed by atoms with Gasteiger partial charge in [0.1, 0.15) is 0 Å². The van der Waals surface area contributed by atoms with Gasteiger partial charge in [0.05, 0.1) is 18.1 Å². The lowest BCUT2D eigenvalue weighted by Crippen LogP contribution is -2.56. The summed E-state index contributed by atoms with van der Waals surface area (Å²) < 4.78 is 5.97. The van der Waals surface area contributed by atoms with Gasteiger partial charge in [0, 0.05) is 36.0 Å². The SMILES string of the molecule is CCN(C1C[C@@H](C)O[C@@H](C)C1)C1CC(Cl)CC(C(=O)NCC2C(=O)NC(C)CC2C)C1C. The number of nitrogens with one attached hydrogen (secondary N) is 2. The molecule has 2 aliphatic heterocycles. The van der Waals surface area contributed by atoms with Crippen LogP contribution in [0.3, 0.4) is 0 Å². The van der Waals surface area contributed by atoms with E-state index < -0.39 is 0 Å². The third-order valence-electron chi connectivity index (χ3n) is 8.15. The predicted octanol–water partition coefficient (Wildman–Crippen LogP) is 3.56. The van der Waals surface area contributed by atoms with Crippen LogP contribution in [-0.2, 0) is 14.3 Å². The number of amides is 2. The number of carbonyl (C=O) groups is 2. The molecule has 10 atom stereocenters. The lowest BCUT2D eigenvalue weighted by Gasteiger charge is -2.48. The lowest BCUT2D eigenvalue weighted by molar-refractivity contribution is -0.132. The second-order valence-electron chi connectivity index (χ2n) is 10.8. The molecule has 32 heavy (non-hydrogen) atoms. The Morgan fingerprint density at radius 2 is 1.75 bits per heavy atom. The topological polar surface area (TPSA) is 70.7 Å². The van der Waals surface area contributed by atoms with Gasteiger partial charge >= 0.3 is 0 Å². The van der Waals surface area contributed by atoms with Gasteiger partial charge in [0.2, 0.25) is 11.8 Å². The average molecular weight is 470 g/mol. The monoisotopic (exact) mass is 469 g/mol. The highest BCUT2D eigenvalue weighted by molar-refractivity contribution is 6.20. The first-order chi connectivity index (χ1) is 15.1. The molecule has 1 aliphatic carbocycles. The Hall–Kier alpha value is -0.850. The Bertz CT molecular complexity index is 652. The summed E-state index contributed by atoms with van der Waals surface area (Å²) in [6, 6.07) is 0.953. The minimum absolute atomic E-state index is 0.00607. The van der Waals surface area contributed by atoms with Gasteiger partial charge < -0.3 is 15.4 Å². The van der Waals surface area contributed by atoms with Crippen molar-refractivity contribution in [1.82, 2.24) is 15.5 Å². The van der Waals surface area contributed by atoms with Crippen molar-refractivity contribution in [3.63, 3.8) is 0 Å². The summed E-state index contributed by atoms with van der Waals surface area (Å²) >= 11 is 6.73. The van der Waals surface area contributed by atoms with Crippen LogP contribution in [0.2, 0.25) is 0 Å². The number of nitrogens with zero attached hydrogens (tertiary/aromatic N) is 1. The highest BCUT2D eigenvalue weighted by atomic mass is 35.5. The van der Waals surface area contributed by atoms with Gasteiger partial charge in [-0.15, -0.1) is 11.6 Å². The van der Waals surface area contributed by atoms with Gasteiger partial charge in [-0.05, 0) is 71.3 Å². The summed E-state index contributed by atoms with van der Waals surface area (Å²) in [6.07, 6.45) is 5.14. The fourth-order valence-electron chi connectivity index (χ4n) is 6.54. The standard InChI is InChI=1S/C25H44ClN3O3/c1-7-29(20-9-16(4)32-17(5)10-20)23-12-19(26)11-21(18(23)6)24(30)27-13-22-14(2)8-15(3)28-25(22)31/h14-23H,7-13H2,1-6H3,(H,27,30)(H,28,31)/t14?,15?,16-,17+,18?,19?,20?,21?,22?,23?. The van der Waals surface area contributed by atoms with Crippen molar-refractivity contribution >= 4 is 23.4 Å². The van der Waals surface area contributed by atoms with Crippen LogP contribution < -0.4 is 10.6 Å². The summed E-state index contributed by atoms with van der Waals surface area (Å²) in [4.78, 5) is 28.3. The molecule has 7 heteroatoms. The van der Waals surface area contributed by atoms with E-state index in [2.05, 4.69) is 50.2 Å². The molecule has 3 fully saturated rings. The second kappa shape index (κ2) is 11.1. The molecule has 2 saturated heterocycles. The van der Waals surface area contributed by atoms with Crippen molar-refractivity contribution in [3.8, 4) is 0 Å². The predicted molar refractivity (Wildman–Crippen MR) is 129 cm³/mol. The number of ether oxygens (including phenoxy) is 1. The van der Waals surface area contributed by atoms with E-state index >= 15 is 0 Å². The van der Waals surface area contributed by atoms with Crippen LogP contribution in [0.25, 0.3) is 0 Å². The maximum absolute atomic E-state index is 13.3. The van der Waals surface area contributed by atoms with E-state index in [1.807, 2.05) is 6.92 Å². The Labute approximate surface area is 199 Å². The van der Waals surface area contributed by atoms with E-state index in [1.54, 1.807) is 0 Å². The van der Waals surface area contributed by atoms with E-state index in [0.29, 0.717) is 19.0 Å². The largest absolute Gasteiger partial charge is 0.375 e. The van der Waals surface area contributed by atoms with Crippen LogP contribution in [0.4, 0.5) is 0 Å². The zero-order valence-electron chi connectivity index (χ0n) is 20.8. The van der Waals surface area contributed by atoms with Crippen molar-refractivity contribution in [1.29, 1.82) is 0 Å². The van der Waals surface area contributed by atoms with Crippen LogP contribution in [0.15, 0.2) is 0 Å². The molecule has 2 heterocycles. The molecular weight excluding hydrogens is 426 g/mol. The third-order valence-corrected chi connectivity index (χ3v) is 8.51. The number of piperidine rings is 1. The van der Waals surface area contributed by atoms with Crippen molar-refractivity contribution < 1.29 is 14.3 Å². The molecule has 1 saturated carbocycles. The fourth-order valence-corrected chi connectivity index (χ4v) is 6.92. The van der Waals surface area contributed by atoms with Crippen molar-refractivity contribution in [2.24, 2.45) is 23.7 Å². The van der Waals surface area contributed by atoms with E-state index in [1.165, 1.54) is 0 Å². The molecule has 0 aromatic heterocycles. The van der Waals surface area contributed by atoms with Gasteiger partial charge in [0.15, 0.2) is 0 Å². The van der Waals surface area contributed by atoms with Crippen LogP contribution in [0.5, 0.6) is 0 Å². The summed E-state index contributed by atoms with van der Waals surface area (Å²) in [5, 5.41) is 6.14. The van der Waals surface area contributed by atoms with Gasteiger partial charge in [-0.25, -0.2) is 0 Å². The third kappa shape index (κ3) is 5.98. The lowest BCUT2D eigenvalue weighted by atomic mass is 9.74. The number of alkyl halides is 1. The van der Waals surface area contributed by atoms with Crippen molar-refractivity contribution in [2.75, 3.05) is 13.1 Å². The minimum atomic E-state index is -0.158. The molecular formula is C25H44ClN3O3. The molecule has 3 aliphatic rings. The average Bonchev–Trinajstić information content (AvgIpc) is 2.69. The van der Waals surface area contributed by atoms with Crippen molar-refractivity contribution in [3.05, 3.63) is 0 Å². The first-order valence-electron chi connectivity index (χ1n) is 12.7. The first-order valence-corrected chi connectivity index (χ1v) is 13.2. The fraction of sp³-hybridized carbons (Fsp3) is 0.920. The smallest absolute Gasteiger partial charge is 0.225 e. The maximum Gasteiger partial charge on any atom is 0.225 e. The number of rotatable bonds is 6. The Morgan fingerprint density at radius 3 is 2.34 bits per heavy atom. The molecule has 6 nitrogen and oxygen atoms in total. The first kappa shape index (κ1) is 25.8. The zero-order valence-corrected chi connectivity index (χ0v) is 21.5. The van der Waals surface area contributed by atoms with Crippen molar-refractivity contribution in [2.45, 2.75) is 109 Å². The van der Waals surface area contributed by atoms with E-state index in [4.69, 9.17) is 16.3 Å². The van der Waals surface area contributed by atoms with Gasteiger partial charge in [0.25, 0.3) is 0 Å². The minimum Gasteiger partial charge on any atom is -0.375 e. The summed E-state index contributed by atoms with van der Waals surface area (Å²) in [7, 11) is 0. The Balaban J connectivity index is 1.65. The number of hydrogen-bond acceptors (Lipinski definition) is 4. The van der Waals surface area contributed by atoms with Gasteiger partial charge in [-0.3, -0.25) is 14.5 Å². The summed E-state index contributed by atoms with van der Waals surface area (Å²) in [5.41, 5.74) is 0. The summed E-state index contributed by atoms with van der Waals surface area (Å²) in [6.45, 7) is 14.2. The molecule has 0 bridgehead atoms. The van der Waals surface area contributed by atoms with E-state index in [9.17, 15) is 9.59 Å². The molecule has 0 aromatic rings. The molecule has 8 unspecified atom stereocenters. The van der Waals surface area contributed by atoms with Crippen LogP contribution in [-0.4, -0.2) is 65.5 Å². The molecule has 2 N–H and O–H groups in total. The quantitative estimate of drug-likeness (QED) is 0.583. The normalized spacial score (nSPS) is 43.1. The van der Waals surface area contributed by atoms with Gasteiger partial charge in [-0.1, -0.05) is 20.8 Å². The van der Waals surface area contributed by atoms with E-state index in [0.717, 1.165) is 32.2 Å². The number of halogens is 1. The highest BCUT2D eigenvalue weighted by Gasteiger charge is 2.43. The van der Waals surface area contributed by atoms with Crippen LogP contribution >= 0.6 is 11.6 Å². The number of carbonyl (C=O) groups excluding carboxylic acids is 2. The van der Waals surface area contributed by atoms with Gasteiger partial charge in [-0.2, -0.15) is 0 Å². The summed E-state index contributed by atoms with van der Waals surface area (Å²) in [5.74, 6) is 0.313. The molecule has 184 valence electrons. The number of hydrogen-bond donors (Lipinski definition) is 2. The molecule has 2 amide bonds. The molecule has 0 aromatic carbocycles. The van der Waals surface area contributed by atoms with Crippen LogP contribution in [0.1, 0.15) is 73.6 Å².